The molecule has 0 aliphatic carbocycles. The van der Waals surface area contributed by atoms with E-state index in [1.165, 1.54) is 0 Å². The van der Waals surface area contributed by atoms with Crippen LogP contribution in [0.1, 0.15) is 26.2 Å². The van der Waals surface area contributed by atoms with Gasteiger partial charge in [-0.25, -0.2) is 0 Å². The second-order valence-corrected chi connectivity index (χ2v) is 7.59. The number of hydrogen-bond donors (Lipinski definition) is 1. The molecule has 2 aliphatic heterocycles. The molecule has 1 unspecified atom stereocenters. The Labute approximate surface area is 122 Å². The van der Waals surface area contributed by atoms with E-state index in [-0.39, 0.29) is 6.10 Å². The fraction of sp³-hybridized carbons (Fsp3) is 1.00. The summed E-state index contributed by atoms with van der Waals surface area (Å²) in [5.41, 5.74) is 0. The second kappa shape index (κ2) is 7.17. The molecule has 0 spiro atoms. The van der Waals surface area contributed by atoms with Crippen LogP contribution in [0.25, 0.3) is 0 Å². The van der Waals surface area contributed by atoms with Crippen molar-refractivity contribution >= 4 is 10.2 Å². The average molecular weight is 305 g/mol. The highest BCUT2D eigenvalue weighted by Crippen LogP contribution is 2.24. The van der Waals surface area contributed by atoms with Crippen LogP contribution in [-0.4, -0.2) is 69.5 Å². The van der Waals surface area contributed by atoms with Crippen LogP contribution >= 0.6 is 0 Å². The Morgan fingerprint density at radius 3 is 2.35 bits per heavy atom. The van der Waals surface area contributed by atoms with Crippen LogP contribution < -0.4 is 5.32 Å². The minimum atomic E-state index is -3.28. The summed E-state index contributed by atoms with van der Waals surface area (Å²) in [7, 11) is -1.64. The summed E-state index contributed by atoms with van der Waals surface area (Å²) in [5.74, 6) is 0.603. The van der Waals surface area contributed by atoms with Crippen LogP contribution in [0, 0.1) is 5.92 Å². The lowest BCUT2D eigenvalue weighted by atomic mass is 9.98. The zero-order valence-electron chi connectivity index (χ0n) is 12.5. The molecule has 6 nitrogen and oxygen atoms in total. The smallest absolute Gasteiger partial charge is 0.282 e. The van der Waals surface area contributed by atoms with E-state index in [4.69, 9.17) is 4.74 Å². The number of methoxy groups -OCH3 is 1. The number of nitrogens with one attached hydrogen (secondary N) is 1. The normalized spacial score (nSPS) is 27.2. The fourth-order valence-electron chi connectivity index (χ4n) is 2.96. The van der Waals surface area contributed by atoms with E-state index in [1.54, 1.807) is 15.7 Å². The predicted octanol–water partition coefficient (Wildman–Crippen LogP) is 0.273. The van der Waals surface area contributed by atoms with Crippen molar-refractivity contribution in [1.82, 2.24) is 13.9 Å². The van der Waals surface area contributed by atoms with E-state index in [9.17, 15) is 8.42 Å². The summed E-state index contributed by atoms with van der Waals surface area (Å²) in [4.78, 5) is 0. The van der Waals surface area contributed by atoms with Gasteiger partial charge in [-0.2, -0.15) is 17.0 Å². The van der Waals surface area contributed by atoms with Crippen molar-refractivity contribution in [1.29, 1.82) is 0 Å². The van der Waals surface area contributed by atoms with Gasteiger partial charge >= 0.3 is 0 Å². The van der Waals surface area contributed by atoms with Crippen molar-refractivity contribution in [2.45, 2.75) is 32.3 Å². The molecule has 7 heteroatoms. The summed E-state index contributed by atoms with van der Waals surface area (Å²) < 4.78 is 33.6. The van der Waals surface area contributed by atoms with Gasteiger partial charge < -0.3 is 10.1 Å². The molecule has 0 aromatic heterocycles. The highest BCUT2D eigenvalue weighted by atomic mass is 32.2. The molecule has 0 saturated carbocycles. The van der Waals surface area contributed by atoms with Crippen molar-refractivity contribution in [2.24, 2.45) is 5.92 Å². The van der Waals surface area contributed by atoms with Crippen LogP contribution in [0.5, 0.6) is 0 Å². The van der Waals surface area contributed by atoms with Crippen molar-refractivity contribution in [3.63, 3.8) is 0 Å². The Hall–Kier alpha value is -0.210. The quantitative estimate of drug-likeness (QED) is 0.765. The lowest BCUT2D eigenvalue weighted by Crippen LogP contribution is -2.47. The van der Waals surface area contributed by atoms with Gasteiger partial charge in [-0.15, -0.1) is 0 Å². The van der Waals surface area contributed by atoms with Gasteiger partial charge in [-0.3, -0.25) is 0 Å². The topological polar surface area (TPSA) is 61.9 Å². The number of rotatable bonds is 6. The van der Waals surface area contributed by atoms with Gasteiger partial charge in [0.2, 0.25) is 0 Å². The SMILES string of the molecule is CCNCC1CCN(S(=O)(=O)N2CCC(OC)C2)CC1. The Bertz CT molecular complexity index is 394. The third-order valence-electron chi connectivity index (χ3n) is 4.35. The summed E-state index contributed by atoms with van der Waals surface area (Å²) in [6.45, 7) is 6.44. The van der Waals surface area contributed by atoms with Gasteiger partial charge in [0.1, 0.15) is 0 Å². The second-order valence-electron chi connectivity index (χ2n) is 5.66. The molecule has 2 heterocycles. The molecule has 0 radical (unpaired) electrons. The predicted molar refractivity (Wildman–Crippen MR) is 78.7 cm³/mol. The van der Waals surface area contributed by atoms with Gasteiger partial charge in [0.25, 0.3) is 10.2 Å². The molecule has 118 valence electrons. The van der Waals surface area contributed by atoms with Crippen molar-refractivity contribution < 1.29 is 13.2 Å². The molecule has 1 N–H and O–H groups in total. The number of piperidine rings is 1. The zero-order chi connectivity index (χ0) is 14.6. The standard InChI is InChI=1S/C13H27N3O3S/c1-3-14-10-12-4-7-15(8-5-12)20(17,18)16-9-6-13(11-16)19-2/h12-14H,3-11H2,1-2H3. The van der Waals surface area contributed by atoms with Crippen LogP contribution in [0.2, 0.25) is 0 Å². The minimum Gasteiger partial charge on any atom is -0.380 e. The van der Waals surface area contributed by atoms with Crippen molar-refractivity contribution in [3.05, 3.63) is 0 Å². The maximum absolute atomic E-state index is 12.6. The first-order chi connectivity index (χ1) is 9.57. The van der Waals surface area contributed by atoms with Crippen LogP contribution in [0.15, 0.2) is 0 Å². The molecular formula is C13H27N3O3S. The van der Waals surface area contributed by atoms with Gasteiger partial charge in [0, 0.05) is 33.3 Å². The molecule has 2 fully saturated rings. The van der Waals surface area contributed by atoms with Crippen LogP contribution in [0.3, 0.4) is 0 Å². The largest absolute Gasteiger partial charge is 0.380 e. The van der Waals surface area contributed by atoms with Gasteiger partial charge in [0.15, 0.2) is 0 Å². The zero-order valence-corrected chi connectivity index (χ0v) is 13.4. The minimum absolute atomic E-state index is 0.0519. The third-order valence-corrected chi connectivity index (χ3v) is 6.35. The Kier molecular flexibility index (Phi) is 5.80. The van der Waals surface area contributed by atoms with Crippen LogP contribution in [-0.2, 0) is 14.9 Å². The number of nitrogens with zero attached hydrogens (tertiary/aromatic N) is 2. The maximum Gasteiger partial charge on any atom is 0.282 e. The van der Waals surface area contributed by atoms with E-state index >= 15 is 0 Å². The highest BCUT2D eigenvalue weighted by Gasteiger charge is 2.37. The molecular weight excluding hydrogens is 278 g/mol. The van der Waals surface area contributed by atoms with E-state index in [2.05, 4.69) is 12.2 Å². The monoisotopic (exact) mass is 305 g/mol. The molecule has 2 saturated heterocycles. The summed E-state index contributed by atoms with van der Waals surface area (Å²) in [5, 5.41) is 3.35. The van der Waals surface area contributed by atoms with Crippen LogP contribution in [0.4, 0.5) is 0 Å². The lowest BCUT2D eigenvalue weighted by Gasteiger charge is -2.33. The first-order valence-corrected chi connectivity index (χ1v) is 8.96. The molecule has 0 aromatic rings. The van der Waals surface area contributed by atoms with E-state index in [0.717, 1.165) is 32.4 Å². The Balaban J connectivity index is 1.86. The molecule has 0 bridgehead atoms. The molecule has 1 atom stereocenters. The molecule has 20 heavy (non-hydrogen) atoms. The summed E-state index contributed by atoms with van der Waals surface area (Å²) >= 11 is 0. The first kappa shape index (κ1) is 16.2. The molecule has 2 rings (SSSR count). The number of hydrogen-bond acceptors (Lipinski definition) is 4. The Morgan fingerprint density at radius 1 is 1.15 bits per heavy atom. The first-order valence-electron chi connectivity index (χ1n) is 7.56. The van der Waals surface area contributed by atoms with E-state index in [1.807, 2.05) is 0 Å². The van der Waals surface area contributed by atoms with Crippen molar-refractivity contribution in [2.75, 3.05) is 46.4 Å². The molecule has 0 aromatic carbocycles. The van der Waals surface area contributed by atoms with E-state index in [0.29, 0.717) is 32.1 Å². The Morgan fingerprint density at radius 2 is 1.80 bits per heavy atom. The highest BCUT2D eigenvalue weighted by molar-refractivity contribution is 7.86. The third kappa shape index (κ3) is 3.71. The van der Waals surface area contributed by atoms with Gasteiger partial charge in [-0.05, 0) is 38.3 Å². The van der Waals surface area contributed by atoms with Gasteiger partial charge in [0.05, 0.1) is 6.10 Å². The molecule has 2 aliphatic rings. The van der Waals surface area contributed by atoms with Gasteiger partial charge in [-0.1, -0.05) is 6.92 Å². The van der Waals surface area contributed by atoms with Crippen molar-refractivity contribution in [3.8, 4) is 0 Å². The summed E-state index contributed by atoms with van der Waals surface area (Å²) in [6, 6.07) is 0. The molecule has 0 amide bonds. The average Bonchev–Trinajstić information content (AvgIpc) is 2.95. The van der Waals surface area contributed by atoms with E-state index < -0.39 is 10.2 Å². The fourth-order valence-corrected chi connectivity index (χ4v) is 4.65. The summed E-state index contributed by atoms with van der Waals surface area (Å²) in [6.07, 6.45) is 2.75. The number of ether oxygens (including phenoxy) is 1. The maximum atomic E-state index is 12.6. The lowest BCUT2D eigenvalue weighted by molar-refractivity contribution is 0.114.